The molecule has 0 radical (unpaired) electrons. The van der Waals surface area contributed by atoms with E-state index in [1.54, 1.807) is 0 Å². The van der Waals surface area contributed by atoms with Gasteiger partial charge in [0.05, 0.1) is 5.92 Å². The monoisotopic (exact) mass is 344 g/mol. The summed E-state index contributed by atoms with van der Waals surface area (Å²) in [6.45, 7) is 2.98. The zero-order valence-electron chi connectivity index (χ0n) is 14.6. The van der Waals surface area contributed by atoms with Gasteiger partial charge in [0.25, 0.3) is 0 Å². The van der Waals surface area contributed by atoms with Crippen molar-refractivity contribution in [1.29, 1.82) is 0 Å². The minimum atomic E-state index is -0.155. The summed E-state index contributed by atoms with van der Waals surface area (Å²) < 4.78 is 0. The molecule has 0 aliphatic carbocycles. The molecule has 5 rings (SSSR count). The highest BCUT2D eigenvalue weighted by Gasteiger charge is 2.28. The third kappa shape index (κ3) is 2.39. The zero-order valence-corrected chi connectivity index (χ0v) is 14.6. The number of hydrogen-bond acceptors (Lipinski definition) is 4. The molecule has 0 spiro atoms. The summed E-state index contributed by atoms with van der Waals surface area (Å²) in [5.74, 6) is 0.553. The Morgan fingerprint density at radius 3 is 2.85 bits per heavy atom. The van der Waals surface area contributed by atoms with Crippen LogP contribution < -0.4 is 10.6 Å². The molecule has 2 N–H and O–H groups in total. The van der Waals surface area contributed by atoms with Crippen molar-refractivity contribution in [3.63, 3.8) is 0 Å². The van der Waals surface area contributed by atoms with Gasteiger partial charge in [0.15, 0.2) is 0 Å². The number of amides is 1. The maximum atomic E-state index is 11.9. The van der Waals surface area contributed by atoms with Crippen molar-refractivity contribution in [3.8, 4) is 11.1 Å². The van der Waals surface area contributed by atoms with Gasteiger partial charge in [0.2, 0.25) is 5.91 Å². The predicted octanol–water partition coefficient (Wildman–Crippen LogP) is 3.78. The van der Waals surface area contributed by atoms with E-state index in [0.29, 0.717) is 11.9 Å². The summed E-state index contributed by atoms with van der Waals surface area (Å²) in [4.78, 5) is 20.7. The number of nitrogens with one attached hydrogen (secondary N) is 2. The van der Waals surface area contributed by atoms with Crippen LogP contribution in [0.4, 0.5) is 5.82 Å². The van der Waals surface area contributed by atoms with Gasteiger partial charge in [-0.05, 0) is 67.1 Å². The summed E-state index contributed by atoms with van der Waals surface area (Å²) in [5, 5.41) is 8.83. The molecule has 3 aromatic rings. The molecule has 0 bridgehead atoms. The molecule has 2 aromatic heterocycles. The number of benzene rings is 1. The van der Waals surface area contributed by atoms with Crippen LogP contribution in [0.15, 0.2) is 42.9 Å². The van der Waals surface area contributed by atoms with Crippen molar-refractivity contribution in [3.05, 3.63) is 54.0 Å². The molecule has 0 saturated carbocycles. The molecule has 1 amide bonds. The SMILES string of the molecule is CC1C(=O)Nc2ncc(-c3cc(C4CCCN4)c4cnccc4c3)cc21. The van der Waals surface area contributed by atoms with Crippen LogP contribution in [0.2, 0.25) is 0 Å². The Bertz CT molecular complexity index is 1020. The van der Waals surface area contributed by atoms with Gasteiger partial charge in [-0.15, -0.1) is 0 Å². The summed E-state index contributed by atoms with van der Waals surface area (Å²) in [5.41, 5.74) is 4.45. The van der Waals surface area contributed by atoms with E-state index >= 15 is 0 Å². The number of anilines is 1. The Labute approximate surface area is 151 Å². The highest BCUT2D eigenvalue weighted by Crippen LogP contribution is 2.37. The summed E-state index contributed by atoms with van der Waals surface area (Å²) in [7, 11) is 0. The van der Waals surface area contributed by atoms with Crippen molar-refractivity contribution >= 4 is 22.5 Å². The summed E-state index contributed by atoms with van der Waals surface area (Å²) >= 11 is 0. The van der Waals surface area contributed by atoms with E-state index in [1.165, 1.54) is 22.8 Å². The van der Waals surface area contributed by atoms with Crippen LogP contribution in [-0.4, -0.2) is 22.4 Å². The molecule has 2 aliphatic heterocycles. The van der Waals surface area contributed by atoms with Crippen LogP contribution in [0, 0.1) is 0 Å². The summed E-state index contributed by atoms with van der Waals surface area (Å²) in [6.07, 6.45) is 7.99. The fourth-order valence-electron chi connectivity index (χ4n) is 4.07. The minimum absolute atomic E-state index is 0.0186. The van der Waals surface area contributed by atoms with E-state index in [1.807, 2.05) is 25.5 Å². The van der Waals surface area contributed by atoms with Gasteiger partial charge < -0.3 is 10.6 Å². The molecule has 5 heteroatoms. The van der Waals surface area contributed by atoms with Gasteiger partial charge in [-0.2, -0.15) is 0 Å². The van der Waals surface area contributed by atoms with Crippen LogP contribution in [0.1, 0.15) is 42.9 Å². The third-order valence-corrected chi connectivity index (χ3v) is 5.58. The van der Waals surface area contributed by atoms with E-state index in [0.717, 1.165) is 29.7 Å². The van der Waals surface area contributed by atoms with Crippen molar-refractivity contribution < 1.29 is 4.79 Å². The molecule has 5 nitrogen and oxygen atoms in total. The van der Waals surface area contributed by atoms with Gasteiger partial charge >= 0.3 is 0 Å². The fourth-order valence-corrected chi connectivity index (χ4v) is 4.07. The molecular formula is C21H20N4O. The molecule has 1 fully saturated rings. The van der Waals surface area contributed by atoms with Crippen LogP contribution >= 0.6 is 0 Å². The molecular weight excluding hydrogens is 324 g/mol. The van der Waals surface area contributed by atoms with E-state index in [-0.39, 0.29) is 11.8 Å². The van der Waals surface area contributed by atoms with E-state index in [4.69, 9.17) is 0 Å². The largest absolute Gasteiger partial charge is 0.310 e. The van der Waals surface area contributed by atoms with Crippen molar-refractivity contribution in [2.24, 2.45) is 0 Å². The molecule has 2 unspecified atom stereocenters. The maximum absolute atomic E-state index is 11.9. The quantitative estimate of drug-likeness (QED) is 0.742. The Kier molecular flexibility index (Phi) is 3.50. The Morgan fingerprint density at radius 2 is 2.00 bits per heavy atom. The van der Waals surface area contributed by atoms with Gasteiger partial charge in [-0.1, -0.05) is 0 Å². The number of carbonyl (C=O) groups excluding carboxylic acids is 1. The van der Waals surface area contributed by atoms with Crippen LogP contribution in [0.25, 0.3) is 21.9 Å². The van der Waals surface area contributed by atoms with Crippen molar-refractivity contribution in [2.75, 3.05) is 11.9 Å². The van der Waals surface area contributed by atoms with Gasteiger partial charge in [-0.25, -0.2) is 4.98 Å². The molecule has 130 valence electrons. The highest BCUT2D eigenvalue weighted by atomic mass is 16.2. The standard InChI is InChI=1S/C21H20N4O/c1-12-16-9-15(10-24-20(16)25-21(12)26)14-7-13-4-6-22-11-18(13)17(8-14)19-3-2-5-23-19/h4,6-12,19,23H,2-3,5H2,1H3,(H,24,25,26). The fraction of sp³-hybridized carbons (Fsp3) is 0.286. The zero-order chi connectivity index (χ0) is 17.7. The second kappa shape index (κ2) is 5.88. The lowest BCUT2D eigenvalue weighted by Gasteiger charge is -2.16. The first-order valence-corrected chi connectivity index (χ1v) is 9.13. The number of nitrogens with zero attached hydrogens (tertiary/aromatic N) is 2. The topological polar surface area (TPSA) is 66.9 Å². The second-order valence-corrected chi connectivity index (χ2v) is 7.18. The van der Waals surface area contributed by atoms with Gasteiger partial charge in [0, 0.05) is 41.1 Å². The number of carbonyl (C=O) groups is 1. The van der Waals surface area contributed by atoms with E-state index < -0.39 is 0 Å². The third-order valence-electron chi connectivity index (χ3n) is 5.58. The first-order valence-electron chi connectivity index (χ1n) is 9.13. The minimum Gasteiger partial charge on any atom is -0.310 e. The van der Waals surface area contributed by atoms with E-state index in [9.17, 15) is 4.79 Å². The van der Waals surface area contributed by atoms with Crippen molar-refractivity contribution in [1.82, 2.24) is 15.3 Å². The average molecular weight is 344 g/mol. The Hall–Kier alpha value is -2.79. The molecule has 2 atom stereocenters. The molecule has 26 heavy (non-hydrogen) atoms. The Morgan fingerprint density at radius 1 is 1.12 bits per heavy atom. The maximum Gasteiger partial charge on any atom is 0.232 e. The normalized spacial score (nSPS) is 21.8. The second-order valence-electron chi connectivity index (χ2n) is 7.18. The number of rotatable bonds is 2. The summed E-state index contributed by atoms with van der Waals surface area (Å²) in [6, 6.07) is 8.97. The van der Waals surface area contributed by atoms with Gasteiger partial charge in [0.1, 0.15) is 5.82 Å². The van der Waals surface area contributed by atoms with Crippen LogP contribution in [0.5, 0.6) is 0 Å². The number of pyridine rings is 2. The number of hydrogen-bond donors (Lipinski definition) is 2. The molecule has 4 heterocycles. The first-order chi connectivity index (χ1) is 12.7. The van der Waals surface area contributed by atoms with Crippen LogP contribution in [-0.2, 0) is 4.79 Å². The lowest BCUT2D eigenvalue weighted by molar-refractivity contribution is -0.116. The van der Waals surface area contributed by atoms with Crippen molar-refractivity contribution in [2.45, 2.75) is 31.7 Å². The predicted molar refractivity (Wildman–Crippen MR) is 102 cm³/mol. The van der Waals surface area contributed by atoms with Crippen LogP contribution in [0.3, 0.4) is 0 Å². The van der Waals surface area contributed by atoms with E-state index in [2.05, 4.69) is 44.9 Å². The average Bonchev–Trinajstić information content (AvgIpc) is 3.30. The lowest BCUT2D eigenvalue weighted by atomic mass is 9.93. The first kappa shape index (κ1) is 15.5. The molecule has 2 aliphatic rings. The molecule has 1 saturated heterocycles. The molecule has 1 aromatic carbocycles. The highest BCUT2D eigenvalue weighted by molar-refractivity contribution is 6.02. The number of aromatic nitrogens is 2. The Balaban J connectivity index is 1.67. The lowest BCUT2D eigenvalue weighted by Crippen LogP contribution is -2.13. The number of fused-ring (bicyclic) bond motifs is 2. The smallest absolute Gasteiger partial charge is 0.232 e. The van der Waals surface area contributed by atoms with Gasteiger partial charge in [-0.3, -0.25) is 9.78 Å².